The van der Waals surface area contributed by atoms with Gasteiger partial charge < -0.3 is 52.5 Å². The molecule has 0 radical (unpaired) electrons. The summed E-state index contributed by atoms with van der Waals surface area (Å²) in [5, 5.41) is 13.9. The molecule has 1 fully saturated rings. The topological polar surface area (TPSA) is 227 Å². The van der Waals surface area contributed by atoms with Gasteiger partial charge in [0.1, 0.15) is 18.4 Å². The van der Waals surface area contributed by atoms with Crippen LogP contribution in [0.25, 0.3) is 0 Å². The summed E-state index contributed by atoms with van der Waals surface area (Å²) in [4.78, 5) is 76.0. The summed E-state index contributed by atoms with van der Waals surface area (Å²) in [5.74, 6) is -1.62. The molecule has 1 aliphatic rings. The quantitative estimate of drug-likeness (QED) is 0.0545. The number of nitrogens with zero attached hydrogens (tertiary/aromatic N) is 1. The number of aldehydes is 1. The number of carbonyl (C=O) groups is 6. The second kappa shape index (κ2) is 24.7. The van der Waals surface area contributed by atoms with E-state index >= 15 is 0 Å². The van der Waals surface area contributed by atoms with Crippen molar-refractivity contribution in [3.8, 4) is 0 Å². The van der Waals surface area contributed by atoms with Crippen molar-refractivity contribution in [1.82, 2.24) is 26.2 Å². The van der Waals surface area contributed by atoms with Crippen LogP contribution in [0.15, 0.2) is 36.5 Å². The van der Waals surface area contributed by atoms with Crippen LogP contribution in [0.1, 0.15) is 90.0 Å². The molecule has 9 N–H and O–H groups in total. The zero-order chi connectivity index (χ0) is 39.2. The minimum absolute atomic E-state index is 0.0409. The van der Waals surface area contributed by atoms with Crippen molar-refractivity contribution in [3.05, 3.63) is 42.1 Å². The molecule has 1 heterocycles. The fraction of sp³-hybridized carbons (Fsp3) is 0.632. The molecule has 15 heteroatoms. The van der Waals surface area contributed by atoms with Crippen LogP contribution in [0.4, 0.5) is 10.5 Å². The van der Waals surface area contributed by atoms with Crippen molar-refractivity contribution < 1.29 is 33.5 Å². The van der Waals surface area contributed by atoms with Gasteiger partial charge in [-0.15, -0.1) is 0 Å². The largest absolute Gasteiger partial charge is 0.378 e. The van der Waals surface area contributed by atoms with Crippen LogP contribution in [-0.2, 0) is 35.1 Å². The van der Waals surface area contributed by atoms with E-state index in [9.17, 15) is 28.8 Å². The van der Waals surface area contributed by atoms with Gasteiger partial charge in [-0.2, -0.15) is 0 Å². The molecular formula is C38H62N8O7. The monoisotopic (exact) mass is 742 g/mol. The van der Waals surface area contributed by atoms with E-state index in [0.29, 0.717) is 63.7 Å². The molecule has 6 amide bonds. The van der Waals surface area contributed by atoms with Crippen molar-refractivity contribution >= 4 is 41.6 Å². The molecule has 0 aliphatic carbocycles. The lowest BCUT2D eigenvalue weighted by Gasteiger charge is -2.26. The molecule has 2 rings (SSSR count). The number of carbonyl (C=O) groups excluding carboxylic acids is 6. The third-order valence-corrected chi connectivity index (χ3v) is 9.15. The van der Waals surface area contributed by atoms with Crippen LogP contribution >= 0.6 is 0 Å². The molecule has 1 aliphatic heterocycles. The van der Waals surface area contributed by atoms with Gasteiger partial charge in [-0.25, -0.2) is 4.79 Å². The van der Waals surface area contributed by atoms with E-state index in [4.69, 9.17) is 16.2 Å². The van der Waals surface area contributed by atoms with E-state index in [-0.39, 0.29) is 49.3 Å². The van der Waals surface area contributed by atoms with Crippen LogP contribution < -0.4 is 38.1 Å². The fourth-order valence-corrected chi connectivity index (χ4v) is 5.96. The van der Waals surface area contributed by atoms with Crippen LogP contribution in [0, 0.1) is 5.92 Å². The Morgan fingerprint density at radius 2 is 1.66 bits per heavy atom. The SMILES string of the molecule is C=C(CCC=O)N(C)CCCCCC(=O)NC[C@@H]1CC[C@H](CC(=O)NC(C(=O)NC(CCCNC(N)=O)C(=O)Nc2ccc(CCN)cc2)C(C)C)O1. The number of nitrogens with two attached hydrogens (primary N) is 2. The first-order valence-electron chi connectivity index (χ1n) is 18.8. The minimum atomic E-state index is -0.944. The number of amides is 6. The molecule has 0 aromatic heterocycles. The predicted octanol–water partition coefficient (Wildman–Crippen LogP) is 2.24. The van der Waals surface area contributed by atoms with Crippen LogP contribution in [0.2, 0.25) is 0 Å². The van der Waals surface area contributed by atoms with Crippen molar-refractivity contribution in [2.45, 2.75) is 115 Å². The fourth-order valence-electron chi connectivity index (χ4n) is 5.96. The number of primary amides is 1. The normalized spacial score (nSPS) is 16.2. The van der Waals surface area contributed by atoms with E-state index in [2.05, 4.69) is 38.1 Å². The lowest BCUT2D eigenvalue weighted by Crippen LogP contribution is -2.54. The van der Waals surface area contributed by atoms with Gasteiger partial charge in [0.05, 0.1) is 18.6 Å². The number of rotatable bonds is 26. The Hall–Kier alpha value is -4.50. The number of unbranched alkanes of at least 4 members (excludes halogenated alkanes) is 2. The predicted molar refractivity (Wildman–Crippen MR) is 204 cm³/mol. The summed E-state index contributed by atoms with van der Waals surface area (Å²) < 4.78 is 6.04. The first-order valence-corrected chi connectivity index (χ1v) is 18.8. The molecule has 1 saturated heterocycles. The Morgan fingerprint density at radius 1 is 0.943 bits per heavy atom. The maximum atomic E-state index is 13.5. The number of ether oxygens (including phenoxy) is 1. The number of nitrogens with one attached hydrogen (secondary N) is 5. The summed E-state index contributed by atoms with van der Waals surface area (Å²) in [6.45, 7) is 9.53. The molecule has 1 aromatic carbocycles. The number of benzene rings is 1. The molecule has 15 nitrogen and oxygen atoms in total. The third-order valence-electron chi connectivity index (χ3n) is 9.15. The number of hydrogen-bond donors (Lipinski definition) is 7. The molecule has 1 aromatic rings. The van der Waals surface area contributed by atoms with Crippen LogP contribution in [-0.4, -0.2) is 98.4 Å². The van der Waals surface area contributed by atoms with Gasteiger partial charge in [0.15, 0.2) is 0 Å². The number of allylic oxidation sites excluding steroid dienone is 1. The Labute approximate surface area is 314 Å². The first-order chi connectivity index (χ1) is 25.3. The molecule has 0 bridgehead atoms. The Kier molecular flexibility index (Phi) is 20.8. The number of urea groups is 1. The first kappa shape index (κ1) is 44.7. The minimum Gasteiger partial charge on any atom is -0.378 e. The molecule has 0 saturated carbocycles. The number of anilines is 1. The highest BCUT2D eigenvalue weighted by atomic mass is 16.5. The molecule has 4 atom stereocenters. The average Bonchev–Trinajstić information content (AvgIpc) is 3.57. The second-order valence-corrected chi connectivity index (χ2v) is 14.0. The third kappa shape index (κ3) is 18.2. The summed E-state index contributed by atoms with van der Waals surface area (Å²) >= 11 is 0. The second-order valence-electron chi connectivity index (χ2n) is 14.0. The lowest BCUT2D eigenvalue weighted by molar-refractivity contribution is -0.133. The van der Waals surface area contributed by atoms with Crippen molar-refractivity contribution in [2.75, 3.05) is 38.5 Å². The van der Waals surface area contributed by atoms with Gasteiger partial charge in [-0.3, -0.25) is 19.2 Å². The van der Waals surface area contributed by atoms with Crippen LogP contribution in [0.5, 0.6) is 0 Å². The molecule has 2 unspecified atom stereocenters. The Bertz CT molecular complexity index is 1340. The molecule has 296 valence electrons. The van der Waals surface area contributed by atoms with E-state index in [1.165, 1.54) is 0 Å². The summed E-state index contributed by atoms with van der Waals surface area (Å²) in [6, 6.07) is 4.73. The van der Waals surface area contributed by atoms with Gasteiger partial charge in [0.2, 0.25) is 23.6 Å². The molecule has 0 spiro atoms. The van der Waals surface area contributed by atoms with Gasteiger partial charge >= 0.3 is 6.03 Å². The highest BCUT2D eigenvalue weighted by Crippen LogP contribution is 2.22. The van der Waals surface area contributed by atoms with Gasteiger partial charge in [0, 0.05) is 50.9 Å². The molecular weight excluding hydrogens is 680 g/mol. The smallest absolute Gasteiger partial charge is 0.312 e. The maximum Gasteiger partial charge on any atom is 0.312 e. The summed E-state index contributed by atoms with van der Waals surface area (Å²) in [6.07, 6.45) is 7.17. The zero-order valence-corrected chi connectivity index (χ0v) is 31.8. The van der Waals surface area contributed by atoms with Crippen molar-refractivity contribution in [1.29, 1.82) is 0 Å². The Morgan fingerprint density at radius 3 is 2.32 bits per heavy atom. The standard InChI is InChI=1S/C38H62N8O7/c1-26(2)35(37(51)44-32(11-8-21-41-38(40)52)36(50)43-29-15-13-28(14-16-29)19-20-39)45-34(49)24-30-17-18-31(53-30)25-42-33(48)12-6-5-7-22-46(4)27(3)10-9-23-47/h13-16,23,26,30-32,35H,3,5-12,17-22,24-25,39H2,1-2,4H3,(H,42,48)(H,43,50)(H,44,51)(H,45,49)(H3,40,41,52)/t30-,31+,32?,35?/m1/s1. The van der Waals surface area contributed by atoms with E-state index in [0.717, 1.165) is 43.4 Å². The van der Waals surface area contributed by atoms with Gasteiger partial charge in [-0.1, -0.05) is 39.0 Å². The highest BCUT2D eigenvalue weighted by molar-refractivity contribution is 5.98. The van der Waals surface area contributed by atoms with E-state index in [1.807, 2.05) is 19.2 Å². The summed E-state index contributed by atoms with van der Waals surface area (Å²) in [7, 11) is 1.96. The van der Waals surface area contributed by atoms with Crippen molar-refractivity contribution in [2.24, 2.45) is 17.4 Å². The van der Waals surface area contributed by atoms with E-state index < -0.39 is 29.9 Å². The van der Waals surface area contributed by atoms with Gasteiger partial charge in [0.25, 0.3) is 0 Å². The maximum absolute atomic E-state index is 13.5. The Balaban J connectivity index is 1.81. The number of hydrogen-bond acceptors (Lipinski definition) is 9. The van der Waals surface area contributed by atoms with E-state index in [1.54, 1.807) is 26.0 Å². The van der Waals surface area contributed by atoms with Crippen molar-refractivity contribution in [3.63, 3.8) is 0 Å². The van der Waals surface area contributed by atoms with Crippen LogP contribution in [0.3, 0.4) is 0 Å². The summed E-state index contributed by atoms with van der Waals surface area (Å²) in [5.41, 5.74) is 13.3. The lowest BCUT2D eigenvalue weighted by atomic mass is 10.0. The zero-order valence-electron chi connectivity index (χ0n) is 31.8. The average molecular weight is 743 g/mol. The van der Waals surface area contributed by atoms with Gasteiger partial charge in [-0.05, 0) is 81.5 Å². The molecule has 53 heavy (non-hydrogen) atoms. The highest BCUT2D eigenvalue weighted by Gasteiger charge is 2.32.